The summed E-state index contributed by atoms with van der Waals surface area (Å²) in [4.78, 5) is 24.0. The van der Waals surface area contributed by atoms with E-state index >= 15 is 0 Å². The Morgan fingerprint density at radius 1 is 1.32 bits per heavy atom. The molecule has 0 saturated heterocycles. The molecule has 0 aliphatic rings. The van der Waals surface area contributed by atoms with Crippen molar-refractivity contribution in [3.05, 3.63) is 28.2 Å². The van der Waals surface area contributed by atoms with Crippen LogP contribution in [0, 0.1) is 0 Å². The molecule has 1 aromatic carbocycles. The minimum atomic E-state index is -0.465. The second kappa shape index (κ2) is 9.12. The lowest BCUT2D eigenvalue weighted by Crippen LogP contribution is -2.48. The molecule has 0 aliphatic heterocycles. The summed E-state index contributed by atoms with van der Waals surface area (Å²) in [6, 6.07) is 5.21. The molecular formula is C15H22BrClN2O3. The molecule has 3 N–H and O–H groups in total. The number of ketones is 1. The Bertz CT molecular complexity index is 536. The number of benzene rings is 1. The minimum Gasteiger partial charge on any atom is -0.496 e. The van der Waals surface area contributed by atoms with Crippen molar-refractivity contribution in [2.45, 2.75) is 32.2 Å². The fraction of sp³-hybridized carbons (Fsp3) is 0.467. The fourth-order valence-corrected chi connectivity index (χ4v) is 2.11. The van der Waals surface area contributed by atoms with E-state index in [9.17, 15) is 9.59 Å². The molecule has 0 fully saturated rings. The van der Waals surface area contributed by atoms with Gasteiger partial charge in [-0.15, -0.1) is 12.4 Å². The molecule has 0 spiro atoms. The maximum Gasteiger partial charge on any atom is 0.220 e. The van der Waals surface area contributed by atoms with Crippen LogP contribution >= 0.6 is 28.3 Å². The number of nitrogens with two attached hydrogens (primary N) is 1. The van der Waals surface area contributed by atoms with Crippen LogP contribution in [0.1, 0.15) is 37.0 Å². The maximum atomic E-state index is 12.2. The summed E-state index contributed by atoms with van der Waals surface area (Å²) in [7, 11) is 1.51. The number of hydrogen-bond donors (Lipinski definition) is 2. The zero-order valence-electron chi connectivity index (χ0n) is 12.9. The number of halogens is 2. The Kier molecular flexibility index (Phi) is 8.66. The second-order valence-corrected chi connectivity index (χ2v) is 6.32. The highest BCUT2D eigenvalue weighted by atomic mass is 79.9. The van der Waals surface area contributed by atoms with Crippen LogP contribution in [0.5, 0.6) is 5.75 Å². The first-order valence-corrected chi connectivity index (χ1v) is 7.46. The predicted octanol–water partition coefficient (Wildman–Crippen LogP) is 2.70. The van der Waals surface area contributed by atoms with Crippen LogP contribution in [0.2, 0.25) is 0 Å². The summed E-state index contributed by atoms with van der Waals surface area (Å²) < 4.78 is 5.96. The van der Waals surface area contributed by atoms with Crippen molar-refractivity contribution in [1.82, 2.24) is 5.32 Å². The molecular weight excluding hydrogens is 372 g/mol. The van der Waals surface area contributed by atoms with E-state index in [4.69, 9.17) is 10.5 Å². The number of methoxy groups -OCH3 is 1. The first kappa shape index (κ1) is 20.9. The number of rotatable bonds is 7. The van der Waals surface area contributed by atoms with Crippen LogP contribution in [0.3, 0.4) is 0 Å². The number of nitrogens with one attached hydrogen (secondary N) is 1. The molecule has 0 bridgehead atoms. The molecule has 1 rings (SSSR count). The molecule has 22 heavy (non-hydrogen) atoms. The molecule has 5 nitrogen and oxygen atoms in total. The third-order valence-corrected chi connectivity index (χ3v) is 3.52. The van der Waals surface area contributed by atoms with Crippen molar-refractivity contribution in [1.29, 1.82) is 0 Å². The van der Waals surface area contributed by atoms with Crippen LogP contribution in [-0.2, 0) is 4.79 Å². The lowest BCUT2D eigenvalue weighted by Gasteiger charge is -2.24. The van der Waals surface area contributed by atoms with Gasteiger partial charge in [0.15, 0.2) is 5.78 Å². The summed E-state index contributed by atoms with van der Waals surface area (Å²) in [5, 5.41) is 2.80. The largest absolute Gasteiger partial charge is 0.496 e. The smallest absolute Gasteiger partial charge is 0.220 e. The van der Waals surface area contributed by atoms with Crippen LogP contribution in [0.15, 0.2) is 22.7 Å². The summed E-state index contributed by atoms with van der Waals surface area (Å²) >= 11 is 3.32. The maximum absolute atomic E-state index is 12.2. The standard InChI is InChI=1S/C15H21BrN2O3.ClH/c1-15(2,9-17)18-14(20)7-5-12(19)11-8-10(16)4-6-13(11)21-3;/h4,6,8H,5,7,9,17H2,1-3H3,(H,18,20);1H. The lowest BCUT2D eigenvalue weighted by atomic mass is 10.0. The van der Waals surface area contributed by atoms with Gasteiger partial charge >= 0.3 is 0 Å². The Hall–Kier alpha value is -1.11. The van der Waals surface area contributed by atoms with Crippen molar-refractivity contribution < 1.29 is 14.3 Å². The van der Waals surface area contributed by atoms with Crippen molar-refractivity contribution in [3.8, 4) is 5.75 Å². The van der Waals surface area contributed by atoms with E-state index < -0.39 is 5.54 Å². The Balaban J connectivity index is 0.00000441. The number of carbonyl (C=O) groups is 2. The molecule has 124 valence electrons. The van der Waals surface area contributed by atoms with Gasteiger partial charge in [-0.1, -0.05) is 15.9 Å². The first-order chi connectivity index (χ1) is 9.79. The van der Waals surface area contributed by atoms with Gasteiger partial charge in [0.1, 0.15) is 5.75 Å². The normalized spacial score (nSPS) is 10.6. The van der Waals surface area contributed by atoms with Gasteiger partial charge in [-0.25, -0.2) is 0 Å². The molecule has 0 aliphatic carbocycles. The van der Waals surface area contributed by atoms with E-state index in [0.29, 0.717) is 17.9 Å². The van der Waals surface area contributed by atoms with Crippen LogP contribution in [0.25, 0.3) is 0 Å². The van der Waals surface area contributed by atoms with Crippen molar-refractivity contribution in [2.75, 3.05) is 13.7 Å². The van der Waals surface area contributed by atoms with E-state index in [1.807, 2.05) is 13.8 Å². The number of carbonyl (C=O) groups excluding carboxylic acids is 2. The van der Waals surface area contributed by atoms with E-state index in [1.165, 1.54) is 7.11 Å². The van der Waals surface area contributed by atoms with Crippen LogP contribution in [-0.4, -0.2) is 30.9 Å². The average Bonchev–Trinajstić information content (AvgIpc) is 2.44. The zero-order valence-corrected chi connectivity index (χ0v) is 15.3. The lowest BCUT2D eigenvalue weighted by molar-refractivity contribution is -0.122. The SMILES string of the molecule is COc1ccc(Br)cc1C(=O)CCC(=O)NC(C)(C)CN.Cl. The summed E-state index contributed by atoms with van der Waals surface area (Å²) in [5.74, 6) is 0.188. The molecule has 0 heterocycles. The number of Topliss-reactive ketones (excluding diaryl/α,β-unsaturated/α-hetero) is 1. The third-order valence-electron chi connectivity index (χ3n) is 3.03. The van der Waals surface area contributed by atoms with E-state index in [-0.39, 0.29) is 36.9 Å². The van der Waals surface area contributed by atoms with Gasteiger partial charge in [0.2, 0.25) is 5.91 Å². The number of ether oxygens (including phenoxy) is 1. The Morgan fingerprint density at radius 3 is 2.50 bits per heavy atom. The monoisotopic (exact) mass is 392 g/mol. The van der Waals surface area contributed by atoms with E-state index in [0.717, 1.165) is 4.47 Å². The number of amides is 1. The van der Waals surface area contributed by atoms with Gasteiger partial charge in [-0.3, -0.25) is 9.59 Å². The first-order valence-electron chi connectivity index (χ1n) is 6.67. The van der Waals surface area contributed by atoms with Crippen LogP contribution < -0.4 is 15.8 Å². The highest BCUT2D eigenvalue weighted by molar-refractivity contribution is 9.10. The molecule has 0 saturated carbocycles. The van der Waals surface area contributed by atoms with E-state index in [1.54, 1.807) is 18.2 Å². The van der Waals surface area contributed by atoms with Gasteiger partial charge in [-0.2, -0.15) is 0 Å². The molecule has 7 heteroatoms. The minimum absolute atomic E-state index is 0. The predicted molar refractivity (Wildman–Crippen MR) is 92.8 cm³/mol. The van der Waals surface area contributed by atoms with Crippen molar-refractivity contribution in [2.24, 2.45) is 5.73 Å². The highest BCUT2D eigenvalue weighted by Crippen LogP contribution is 2.24. The molecule has 0 aromatic heterocycles. The molecule has 0 unspecified atom stereocenters. The summed E-state index contributed by atoms with van der Waals surface area (Å²) in [6.07, 6.45) is 0.247. The quantitative estimate of drug-likeness (QED) is 0.698. The van der Waals surface area contributed by atoms with Crippen molar-refractivity contribution in [3.63, 3.8) is 0 Å². The molecule has 1 amide bonds. The van der Waals surface area contributed by atoms with Gasteiger partial charge in [0, 0.05) is 29.4 Å². The Labute approximate surface area is 145 Å². The van der Waals surface area contributed by atoms with E-state index in [2.05, 4.69) is 21.2 Å². The van der Waals surface area contributed by atoms with Gasteiger partial charge in [0.05, 0.1) is 12.7 Å². The van der Waals surface area contributed by atoms with Crippen LogP contribution in [0.4, 0.5) is 0 Å². The third kappa shape index (κ3) is 6.34. The Morgan fingerprint density at radius 2 is 1.95 bits per heavy atom. The fourth-order valence-electron chi connectivity index (χ4n) is 1.75. The second-order valence-electron chi connectivity index (χ2n) is 5.40. The average molecular weight is 394 g/mol. The van der Waals surface area contributed by atoms with Gasteiger partial charge in [0.25, 0.3) is 0 Å². The summed E-state index contributed by atoms with van der Waals surface area (Å²) in [5.41, 5.74) is 5.56. The number of hydrogen-bond acceptors (Lipinski definition) is 4. The highest BCUT2D eigenvalue weighted by Gasteiger charge is 2.20. The topological polar surface area (TPSA) is 81.4 Å². The molecule has 0 atom stereocenters. The molecule has 1 aromatic rings. The molecule has 0 radical (unpaired) electrons. The van der Waals surface area contributed by atoms with Crippen molar-refractivity contribution >= 4 is 40.0 Å². The zero-order chi connectivity index (χ0) is 16.0. The van der Waals surface area contributed by atoms with Gasteiger partial charge < -0.3 is 15.8 Å². The summed E-state index contributed by atoms with van der Waals surface area (Å²) in [6.45, 7) is 4.01. The van der Waals surface area contributed by atoms with Gasteiger partial charge in [-0.05, 0) is 32.0 Å².